The number of hydrogen-bond donors (Lipinski definition) is 1. The average molecular weight is 292 g/mol. The lowest BCUT2D eigenvalue weighted by atomic mass is 9.98. The molecule has 0 aliphatic heterocycles. The van der Waals surface area contributed by atoms with Gasteiger partial charge in [0.05, 0.1) is 5.02 Å². The Bertz CT molecular complexity index is 610. The van der Waals surface area contributed by atoms with Gasteiger partial charge < -0.3 is 5.32 Å². The van der Waals surface area contributed by atoms with Crippen molar-refractivity contribution in [1.82, 2.24) is 5.32 Å². The topological polar surface area (TPSA) is 12.0 Å². The summed E-state index contributed by atoms with van der Waals surface area (Å²) in [6.45, 7) is 6.88. The van der Waals surface area contributed by atoms with Crippen molar-refractivity contribution in [3.8, 4) is 11.1 Å². The molecule has 1 unspecified atom stereocenters. The van der Waals surface area contributed by atoms with E-state index in [1.807, 2.05) is 12.1 Å². The summed E-state index contributed by atoms with van der Waals surface area (Å²) in [5.41, 5.74) is 3.69. The van der Waals surface area contributed by atoms with Crippen molar-refractivity contribution in [2.75, 3.05) is 6.54 Å². The summed E-state index contributed by atoms with van der Waals surface area (Å²) in [6.07, 6.45) is 0. The van der Waals surface area contributed by atoms with Crippen LogP contribution in [0.2, 0.25) is 5.02 Å². The molecule has 0 heterocycles. The van der Waals surface area contributed by atoms with Crippen molar-refractivity contribution in [1.29, 1.82) is 0 Å². The number of hydrogen-bond acceptors (Lipinski definition) is 1. The standard InChI is InChI=1S/C17H19ClFN/c1-4-20-12(3)13-6-5-7-14(9-13)15-8-11(2)17(19)10-16(15)18/h5-10,12,20H,4H2,1-3H3. The second-order valence-electron chi connectivity index (χ2n) is 4.99. The molecule has 1 nitrogen and oxygen atoms in total. The zero-order valence-corrected chi connectivity index (χ0v) is 12.8. The van der Waals surface area contributed by atoms with Gasteiger partial charge in [-0.2, -0.15) is 0 Å². The summed E-state index contributed by atoms with van der Waals surface area (Å²) >= 11 is 6.17. The van der Waals surface area contributed by atoms with Crippen LogP contribution in [-0.2, 0) is 0 Å². The van der Waals surface area contributed by atoms with E-state index in [-0.39, 0.29) is 11.9 Å². The Balaban J connectivity index is 2.43. The van der Waals surface area contributed by atoms with E-state index < -0.39 is 0 Å². The van der Waals surface area contributed by atoms with Gasteiger partial charge in [0.1, 0.15) is 5.82 Å². The van der Waals surface area contributed by atoms with E-state index in [0.717, 1.165) is 17.7 Å². The molecule has 0 saturated heterocycles. The van der Waals surface area contributed by atoms with Crippen LogP contribution in [0.5, 0.6) is 0 Å². The van der Waals surface area contributed by atoms with Gasteiger partial charge in [-0.3, -0.25) is 0 Å². The quantitative estimate of drug-likeness (QED) is 0.824. The van der Waals surface area contributed by atoms with E-state index >= 15 is 0 Å². The van der Waals surface area contributed by atoms with Crippen LogP contribution in [0.4, 0.5) is 4.39 Å². The van der Waals surface area contributed by atoms with Crippen LogP contribution in [-0.4, -0.2) is 6.54 Å². The molecule has 0 fully saturated rings. The van der Waals surface area contributed by atoms with Crippen LogP contribution in [0.15, 0.2) is 36.4 Å². The second kappa shape index (κ2) is 6.38. The highest BCUT2D eigenvalue weighted by Crippen LogP contribution is 2.31. The van der Waals surface area contributed by atoms with Gasteiger partial charge in [-0.25, -0.2) is 4.39 Å². The third-order valence-corrected chi connectivity index (χ3v) is 3.77. The fourth-order valence-electron chi connectivity index (χ4n) is 2.28. The van der Waals surface area contributed by atoms with Gasteiger partial charge in [0.15, 0.2) is 0 Å². The SMILES string of the molecule is CCNC(C)c1cccc(-c2cc(C)c(F)cc2Cl)c1. The molecule has 0 aliphatic carbocycles. The monoisotopic (exact) mass is 291 g/mol. The predicted molar refractivity (Wildman–Crippen MR) is 83.7 cm³/mol. The van der Waals surface area contributed by atoms with Crippen LogP contribution < -0.4 is 5.32 Å². The highest BCUT2D eigenvalue weighted by atomic mass is 35.5. The van der Waals surface area contributed by atoms with Gasteiger partial charge in [0, 0.05) is 11.6 Å². The molecular weight excluding hydrogens is 273 g/mol. The zero-order chi connectivity index (χ0) is 14.7. The van der Waals surface area contributed by atoms with Gasteiger partial charge in [-0.05, 0) is 55.3 Å². The molecule has 0 aromatic heterocycles. The summed E-state index contributed by atoms with van der Waals surface area (Å²) in [4.78, 5) is 0. The molecular formula is C17H19ClFN. The van der Waals surface area contributed by atoms with Crippen LogP contribution in [0, 0.1) is 12.7 Å². The number of rotatable bonds is 4. The summed E-state index contributed by atoms with van der Waals surface area (Å²) in [7, 11) is 0. The normalized spacial score (nSPS) is 12.4. The smallest absolute Gasteiger partial charge is 0.127 e. The first kappa shape index (κ1) is 15.0. The van der Waals surface area contributed by atoms with Gasteiger partial charge in [0.2, 0.25) is 0 Å². The lowest BCUT2D eigenvalue weighted by Gasteiger charge is -2.15. The molecule has 2 aromatic carbocycles. The Labute approximate surface area is 124 Å². The Morgan fingerprint density at radius 2 is 2.00 bits per heavy atom. The summed E-state index contributed by atoms with van der Waals surface area (Å²) < 4.78 is 13.5. The predicted octanol–water partition coefficient (Wildman–Crippen LogP) is 5.13. The van der Waals surface area contributed by atoms with E-state index in [1.54, 1.807) is 13.0 Å². The number of benzene rings is 2. The summed E-state index contributed by atoms with van der Waals surface area (Å²) in [5.74, 6) is -0.268. The Kier molecular flexibility index (Phi) is 4.79. The van der Waals surface area contributed by atoms with E-state index in [0.29, 0.717) is 10.6 Å². The minimum absolute atomic E-state index is 0.268. The number of nitrogens with one attached hydrogen (secondary N) is 1. The minimum Gasteiger partial charge on any atom is -0.310 e. The molecule has 106 valence electrons. The molecule has 1 N–H and O–H groups in total. The van der Waals surface area contributed by atoms with E-state index in [2.05, 4.69) is 31.3 Å². The lowest BCUT2D eigenvalue weighted by Crippen LogP contribution is -2.17. The van der Waals surface area contributed by atoms with Crippen LogP contribution in [0.3, 0.4) is 0 Å². The fourth-order valence-corrected chi connectivity index (χ4v) is 2.54. The van der Waals surface area contributed by atoms with Crippen molar-refractivity contribution >= 4 is 11.6 Å². The van der Waals surface area contributed by atoms with Crippen molar-refractivity contribution in [2.24, 2.45) is 0 Å². The first-order valence-corrected chi connectivity index (χ1v) is 7.20. The van der Waals surface area contributed by atoms with Crippen LogP contribution in [0.1, 0.15) is 31.0 Å². The summed E-state index contributed by atoms with van der Waals surface area (Å²) in [5, 5.41) is 3.83. The van der Waals surface area contributed by atoms with Crippen molar-refractivity contribution in [3.63, 3.8) is 0 Å². The van der Waals surface area contributed by atoms with Gasteiger partial charge >= 0.3 is 0 Å². The van der Waals surface area contributed by atoms with Gasteiger partial charge in [-0.15, -0.1) is 0 Å². The highest BCUT2D eigenvalue weighted by Gasteiger charge is 2.10. The molecule has 20 heavy (non-hydrogen) atoms. The Hall–Kier alpha value is -1.38. The minimum atomic E-state index is -0.268. The van der Waals surface area contributed by atoms with E-state index in [9.17, 15) is 4.39 Å². The largest absolute Gasteiger partial charge is 0.310 e. The maximum absolute atomic E-state index is 13.5. The van der Waals surface area contributed by atoms with Crippen molar-refractivity contribution in [2.45, 2.75) is 26.8 Å². The Morgan fingerprint density at radius 1 is 1.25 bits per heavy atom. The summed E-state index contributed by atoms with van der Waals surface area (Å²) in [6, 6.07) is 11.7. The molecule has 0 aliphatic rings. The maximum atomic E-state index is 13.5. The molecule has 3 heteroatoms. The third kappa shape index (κ3) is 3.20. The van der Waals surface area contributed by atoms with Crippen molar-refractivity contribution < 1.29 is 4.39 Å². The third-order valence-electron chi connectivity index (χ3n) is 3.46. The lowest BCUT2D eigenvalue weighted by molar-refractivity contribution is 0.598. The van der Waals surface area contributed by atoms with Gasteiger partial charge in [-0.1, -0.05) is 36.7 Å². The molecule has 1 atom stereocenters. The van der Waals surface area contributed by atoms with E-state index in [4.69, 9.17) is 11.6 Å². The zero-order valence-electron chi connectivity index (χ0n) is 12.0. The maximum Gasteiger partial charge on any atom is 0.127 e. The molecule has 0 spiro atoms. The molecule has 2 rings (SSSR count). The van der Waals surface area contributed by atoms with E-state index in [1.165, 1.54) is 11.6 Å². The first-order valence-electron chi connectivity index (χ1n) is 6.82. The molecule has 0 bridgehead atoms. The van der Waals surface area contributed by atoms with Gasteiger partial charge in [0.25, 0.3) is 0 Å². The number of aryl methyl sites for hydroxylation is 1. The first-order chi connectivity index (χ1) is 9.52. The second-order valence-corrected chi connectivity index (χ2v) is 5.39. The molecule has 0 amide bonds. The molecule has 0 radical (unpaired) electrons. The van der Waals surface area contributed by atoms with Crippen molar-refractivity contribution in [3.05, 3.63) is 58.4 Å². The molecule has 2 aromatic rings. The number of halogens is 2. The fraction of sp³-hybridized carbons (Fsp3) is 0.294. The average Bonchev–Trinajstić information content (AvgIpc) is 2.43. The van der Waals surface area contributed by atoms with Crippen LogP contribution in [0.25, 0.3) is 11.1 Å². The Morgan fingerprint density at radius 3 is 2.70 bits per heavy atom. The van der Waals surface area contributed by atoms with Crippen LogP contribution >= 0.6 is 11.6 Å². The molecule has 0 saturated carbocycles. The highest BCUT2D eigenvalue weighted by molar-refractivity contribution is 6.33.